The molecule has 7 nitrogen and oxygen atoms in total. The summed E-state index contributed by atoms with van der Waals surface area (Å²) in [6.07, 6.45) is -3.43. The van der Waals surface area contributed by atoms with Crippen molar-refractivity contribution in [2.24, 2.45) is 0 Å². The quantitative estimate of drug-likeness (QED) is 0.567. The van der Waals surface area contributed by atoms with Gasteiger partial charge in [-0.2, -0.15) is 18.3 Å². The summed E-state index contributed by atoms with van der Waals surface area (Å²) in [6.45, 7) is 0.561. The Morgan fingerprint density at radius 1 is 1.18 bits per heavy atom. The molecule has 180 valence electrons. The maximum Gasteiger partial charge on any atom is 0.405 e. The van der Waals surface area contributed by atoms with Crippen molar-refractivity contribution >= 4 is 15.7 Å². The zero-order valence-electron chi connectivity index (χ0n) is 18.3. The second-order valence-corrected chi connectivity index (χ2v) is 10.3. The first kappa shape index (κ1) is 24.0. The smallest absolute Gasteiger partial charge is 0.392 e. The lowest BCUT2D eigenvalue weighted by Crippen LogP contribution is -2.34. The molecule has 2 N–H and O–H groups in total. The number of carbonyl (C=O) groups is 1. The number of carbonyl (C=O) groups excluding carboxylic acids is 1. The first-order valence-electron chi connectivity index (χ1n) is 10.4. The minimum atomic E-state index is -4.51. The van der Waals surface area contributed by atoms with Gasteiger partial charge < -0.3 is 10.4 Å². The lowest BCUT2D eigenvalue weighted by Gasteiger charge is -2.24. The van der Waals surface area contributed by atoms with E-state index >= 15 is 0 Å². The number of amides is 1. The van der Waals surface area contributed by atoms with Crippen LogP contribution in [0.15, 0.2) is 47.4 Å². The van der Waals surface area contributed by atoms with Gasteiger partial charge in [0.2, 0.25) is 0 Å². The van der Waals surface area contributed by atoms with Crippen molar-refractivity contribution in [3.63, 3.8) is 0 Å². The van der Waals surface area contributed by atoms with E-state index < -0.39 is 35.1 Å². The lowest BCUT2D eigenvalue weighted by molar-refractivity contribution is -0.123. The predicted octanol–water partition coefficient (Wildman–Crippen LogP) is 3.52. The zero-order chi connectivity index (χ0) is 24.8. The molecule has 1 atom stereocenters. The molecule has 34 heavy (non-hydrogen) atoms. The van der Waals surface area contributed by atoms with Crippen molar-refractivity contribution in [1.82, 2.24) is 15.1 Å². The van der Waals surface area contributed by atoms with Gasteiger partial charge in [0.05, 0.1) is 17.2 Å². The monoisotopic (exact) mass is 493 g/mol. The van der Waals surface area contributed by atoms with Gasteiger partial charge in [0.1, 0.15) is 6.54 Å². The molecule has 1 aliphatic rings. The highest BCUT2D eigenvalue weighted by molar-refractivity contribution is 7.90. The fraction of sp³-hybridized carbons (Fsp3) is 0.304. The van der Waals surface area contributed by atoms with Crippen LogP contribution in [0.25, 0.3) is 22.4 Å². The number of aliphatic hydroxyl groups excluding tert-OH is 1. The number of fused-ring (bicyclic) bond motifs is 3. The first-order valence-corrected chi connectivity index (χ1v) is 12.3. The van der Waals surface area contributed by atoms with Crippen LogP contribution in [0.1, 0.15) is 34.5 Å². The summed E-state index contributed by atoms with van der Waals surface area (Å²) in [4.78, 5) is 12.2. The fourth-order valence-corrected chi connectivity index (χ4v) is 5.06. The number of nitrogens with zero attached hydrogens (tertiary/aromatic N) is 2. The highest BCUT2D eigenvalue weighted by atomic mass is 32.2. The molecule has 0 fully saturated rings. The van der Waals surface area contributed by atoms with Crippen molar-refractivity contribution in [3.8, 4) is 22.4 Å². The number of rotatable bonds is 5. The van der Waals surface area contributed by atoms with Gasteiger partial charge in [0.15, 0.2) is 15.5 Å². The van der Waals surface area contributed by atoms with Crippen molar-refractivity contribution in [2.75, 3.05) is 12.8 Å². The van der Waals surface area contributed by atoms with Crippen molar-refractivity contribution in [1.29, 1.82) is 0 Å². The highest BCUT2D eigenvalue weighted by Crippen LogP contribution is 2.39. The zero-order valence-corrected chi connectivity index (χ0v) is 19.2. The lowest BCUT2D eigenvalue weighted by atomic mass is 9.88. The van der Waals surface area contributed by atoms with Gasteiger partial charge >= 0.3 is 6.18 Å². The van der Waals surface area contributed by atoms with Gasteiger partial charge in [0.25, 0.3) is 5.91 Å². The Bertz CT molecular complexity index is 1380. The number of halogens is 3. The summed E-state index contributed by atoms with van der Waals surface area (Å²) < 4.78 is 63.2. The molecule has 0 radical (unpaired) electrons. The maximum absolute atomic E-state index is 12.4. The molecular formula is C23H22F3N3O4S. The molecule has 1 unspecified atom stereocenters. The van der Waals surface area contributed by atoms with Crippen LogP contribution in [0, 0.1) is 0 Å². The summed E-state index contributed by atoms with van der Waals surface area (Å²) in [5, 5.41) is 15.5. The Morgan fingerprint density at radius 3 is 2.50 bits per heavy atom. The second kappa shape index (κ2) is 8.55. The third-order valence-corrected chi connectivity index (χ3v) is 6.92. The number of aliphatic hydroxyl groups is 1. The topological polar surface area (TPSA) is 101 Å². The molecule has 0 spiro atoms. The third kappa shape index (κ3) is 4.71. The van der Waals surface area contributed by atoms with E-state index in [1.807, 2.05) is 24.4 Å². The number of nitrogens with one attached hydrogen (secondary N) is 1. The van der Waals surface area contributed by atoms with Gasteiger partial charge in [0, 0.05) is 24.3 Å². The summed E-state index contributed by atoms with van der Waals surface area (Å²) >= 11 is 0. The summed E-state index contributed by atoms with van der Waals surface area (Å²) in [6, 6.07) is 11.9. The Morgan fingerprint density at radius 2 is 1.85 bits per heavy atom. The third-order valence-electron chi connectivity index (χ3n) is 5.74. The highest BCUT2D eigenvalue weighted by Gasteiger charge is 2.30. The molecule has 1 aliphatic heterocycles. The van der Waals surface area contributed by atoms with Gasteiger partial charge in [-0.05, 0) is 34.4 Å². The average molecular weight is 494 g/mol. The van der Waals surface area contributed by atoms with Crippen LogP contribution in [0.2, 0.25) is 0 Å². The van der Waals surface area contributed by atoms with Crippen molar-refractivity contribution in [2.45, 2.75) is 37.1 Å². The van der Waals surface area contributed by atoms with Crippen molar-refractivity contribution < 1.29 is 31.5 Å². The number of sulfone groups is 1. The maximum atomic E-state index is 12.4. The van der Waals surface area contributed by atoms with Crippen LogP contribution in [-0.4, -0.2) is 48.2 Å². The normalized spacial score (nSPS) is 15.5. The molecule has 0 bridgehead atoms. The molecular weight excluding hydrogens is 471 g/mol. The minimum Gasteiger partial charge on any atom is -0.392 e. The van der Waals surface area contributed by atoms with E-state index in [2.05, 4.69) is 5.10 Å². The molecule has 2 aromatic carbocycles. The molecule has 4 rings (SSSR count). The first-order chi connectivity index (χ1) is 15.9. The summed E-state index contributed by atoms with van der Waals surface area (Å²) in [5.41, 5.74) is 4.01. The fourth-order valence-electron chi connectivity index (χ4n) is 4.11. The molecule has 3 aromatic rings. The Hall–Kier alpha value is -3.18. The van der Waals surface area contributed by atoms with Crippen LogP contribution in [0.3, 0.4) is 0 Å². The average Bonchev–Trinajstić information content (AvgIpc) is 3.20. The Balaban J connectivity index is 1.70. The predicted molar refractivity (Wildman–Crippen MR) is 119 cm³/mol. The number of aromatic nitrogens is 2. The second-order valence-electron chi connectivity index (χ2n) is 8.35. The minimum absolute atomic E-state index is 0.0143. The van der Waals surface area contributed by atoms with E-state index in [0.29, 0.717) is 23.4 Å². The van der Waals surface area contributed by atoms with E-state index in [9.17, 15) is 31.5 Å². The number of hydrogen-bond acceptors (Lipinski definition) is 5. The molecule has 1 aromatic heterocycles. The van der Waals surface area contributed by atoms with Gasteiger partial charge in [-0.3, -0.25) is 9.48 Å². The van der Waals surface area contributed by atoms with Gasteiger partial charge in [-0.15, -0.1) is 0 Å². The van der Waals surface area contributed by atoms with E-state index in [1.54, 1.807) is 22.9 Å². The van der Waals surface area contributed by atoms with E-state index in [0.717, 1.165) is 22.9 Å². The van der Waals surface area contributed by atoms with E-state index in [-0.39, 0.29) is 16.5 Å². The molecule has 2 heterocycles. The van der Waals surface area contributed by atoms with Crippen LogP contribution < -0.4 is 5.32 Å². The molecule has 0 aliphatic carbocycles. The number of benzene rings is 2. The van der Waals surface area contributed by atoms with Crippen LogP contribution in [-0.2, 0) is 23.0 Å². The molecule has 11 heteroatoms. The molecule has 1 amide bonds. The standard InChI is InChI=1S/C23H22F3N3O4S/c1-13-10-29-20(9-19(28-29)22(31)27-12-23(24,25)26)17-6-5-14(7-18(13)17)15-3-4-16(11-30)21(8-15)34(2,32)33/h3-9,13,30H,10-12H2,1-2H3,(H,27,31). The summed E-state index contributed by atoms with van der Waals surface area (Å²) in [7, 11) is -3.54. The SMILES string of the molecule is CC1Cn2nc(C(=O)NCC(F)(F)F)cc2-c2ccc(-c3ccc(CO)c(S(C)(=O)=O)c3)cc21. The Kier molecular flexibility index (Phi) is 6.03. The van der Waals surface area contributed by atoms with Crippen molar-refractivity contribution in [3.05, 3.63) is 59.3 Å². The van der Waals surface area contributed by atoms with Crippen LogP contribution in [0.4, 0.5) is 13.2 Å². The van der Waals surface area contributed by atoms with Crippen LogP contribution >= 0.6 is 0 Å². The van der Waals surface area contributed by atoms with E-state index in [4.69, 9.17) is 0 Å². The van der Waals surface area contributed by atoms with Crippen LogP contribution in [0.5, 0.6) is 0 Å². The molecule has 0 saturated carbocycles. The number of alkyl halides is 3. The summed E-state index contributed by atoms with van der Waals surface area (Å²) in [5.74, 6) is -0.915. The largest absolute Gasteiger partial charge is 0.405 e. The Labute approximate surface area is 194 Å². The van der Waals surface area contributed by atoms with Gasteiger partial charge in [-0.25, -0.2) is 8.42 Å². The number of hydrogen-bond donors (Lipinski definition) is 2. The molecule has 0 saturated heterocycles. The van der Waals surface area contributed by atoms with E-state index in [1.165, 1.54) is 12.1 Å². The van der Waals surface area contributed by atoms with Gasteiger partial charge in [-0.1, -0.05) is 37.3 Å².